The zero-order valence-electron chi connectivity index (χ0n) is 24.2. The Kier molecular flexibility index (Phi) is 9.91. The molecule has 0 aliphatic carbocycles. The van der Waals surface area contributed by atoms with Gasteiger partial charge in [-0.1, -0.05) is 0 Å². The van der Waals surface area contributed by atoms with E-state index in [0.717, 1.165) is 24.4 Å². The summed E-state index contributed by atoms with van der Waals surface area (Å²) in [7, 11) is 6.09. The van der Waals surface area contributed by atoms with Gasteiger partial charge in [0.15, 0.2) is 23.1 Å². The lowest BCUT2D eigenvalue weighted by atomic mass is 10.1. The van der Waals surface area contributed by atoms with Gasteiger partial charge in [0, 0.05) is 55.4 Å². The number of rotatable bonds is 11. The van der Waals surface area contributed by atoms with Crippen LogP contribution in [-0.2, 0) is 14.4 Å². The minimum Gasteiger partial charge on any atom is -0.493 e. The van der Waals surface area contributed by atoms with Crippen LogP contribution in [-0.4, -0.2) is 62.5 Å². The Bertz CT molecular complexity index is 1730. The summed E-state index contributed by atoms with van der Waals surface area (Å²) in [5.41, 5.74) is 0.361. The quantitative estimate of drug-likeness (QED) is 0.130. The van der Waals surface area contributed by atoms with Gasteiger partial charge in [0.25, 0.3) is 11.8 Å². The van der Waals surface area contributed by atoms with E-state index >= 15 is 4.39 Å². The molecule has 0 atom stereocenters. The second-order valence-corrected chi connectivity index (χ2v) is 9.42. The first kappa shape index (κ1) is 31.2. The van der Waals surface area contributed by atoms with Crippen molar-refractivity contribution in [1.29, 1.82) is 0 Å². The van der Waals surface area contributed by atoms with Crippen molar-refractivity contribution in [3.8, 4) is 23.0 Å². The molecule has 0 aliphatic heterocycles. The SMILES string of the molecule is COc1cc2nccc(Oc3ccc(NC(=O)/C(=C/NCC(=O)N(C)C)C(=O)Nc4ccc(F)cc4)cc3F)c2cc1OC. The molecule has 0 fully saturated rings. The molecule has 4 rings (SSSR count). The van der Waals surface area contributed by atoms with Crippen LogP contribution in [0.5, 0.6) is 23.0 Å². The van der Waals surface area contributed by atoms with E-state index in [-0.39, 0.29) is 29.6 Å². The van der Waals surface area contributed by atoms with Gasteiger partial charge >= 0.3 is 0 Å². The number of hydrogen-bond donors (Lipinski definition) is 3. The van der Waals surface area contributed by atoms with E-state index in [0.29, 0.717) is 28.2 Å². The van der Waals surface area contributed by atoms with Gasteiger partial charge in [-0.15, -0.1) is 0 Å². The van der Waals surface area contributed by atoms with Gasteiger partial charge in [-0.25, -0.2) is 8.78 Å². The lowest BCUT2D eigenvalue weighted by molar-refractivity contribution is -0.127. The molecule has 11 nitrogen and oxygen atoms in total. The fourth-order valence-electron chi connectivity index (χ4n) is 3.88. The molecule has 3 N–H and O–H groups in total. The number of ether oxygens (including phenoxy) is 3. The second-order valence-electron chi connectivity index (χ2n) is 9.42. The Morgan fingerprint density at radius 3 is 2.09 bits per heavy atom. The smallest absolute Gasteiger partial charge is 0.262 e. The molecule has 13 heteroatoms. The number of hydrogen-bond acceptors (Lipinski definition) is 8. The Morgan fingerprint density at radius 2 is 1.45 bits per heavy atom. The molecule has 228 valence electrons. The van der Waals surface area contributed by atoms with Crippen LogP contribution in [0.25, 0.3) is 10.9 Å². The minimum atomic E-state index is -0.899. The van der Waals surface area contributed by atoms with Gasteiger partial charge in [-0.3, -0.25) is 19.4 Å². The Morgan fingerprint density at radius 1 is 0.818 bits per heavy atom. The van der Waals surface area contributed by atoms with E-state index in [9.17, 15) is 18.8 Å². The number of amides is 3. The molecule has 44 heavy (non-hydrogen) atoms. The molecule has 0 radical (unpaired) electrons. The number of pyridine rings is 1. The van der Waals surface area contributed by atoms with Crippen molar-refractivity contribution in [2.45, 2.75) is 0 Å². The van der Waals surface area contributed by atoms with E-state index in [4.69, 9.17) is 14.2 Å². The summed E-state index contributed by atoms with van der Waals surface area (Å²) in [5, 5.41) is 8.14. The molecular weight excluding hydrogens is 576 g/mol. The van der Waals surface area contributed by atoms with Gasteiger partial charge in [0.1, 0.15) is 17.1 Å². The van der Waals surface area contributed by atoms with Crippen molar-refractivity contribution < 1.29 is 37.4 Å². The highest BCUT2D eigenvalue weighted by atomic mass is 19.1. The first-order valence-electron chi connectivity index (χ1n) is 13.1. The highest BCUT2D eigenvalue weighted by Gasteiger charge is 2.20. The monoisotopic (exact) mass is 605 g/mol. The number of carbonyl (C=O) groups is 3. The molecule has 0 aliphatic rings. The van der Waals surface area contributed by atoms with Crippen LogP contribution >= 0.6 is 0 Å². The fourth-order valence-corrected chi connectivity index (χ4v) is 3.88. The van der Waals surface area contributed by atoms with Crippen molar-refractivity contribution in [3.05, 3.63) is 90.3 Å². The van der Waals surface area contributed by atoms with Crippen molar-refractivity contribution in [2.24, 2.45) is 0 Å². The van der Waals surface area contributed by atoms with Crippen LogP contribution in [0.15, 0.2) is 78.6 Å². The maximum Gasteiger partial charge on any atom is 0.262 e. The van der Waals surface area contributed by atoms with Crippen molar-refractivity contribution in [1.82, 2.24) is 15.2 Å². The van der Waals surface area contributed by atoms with E-state index in [1.165, 1.54) is 49.6 Å². The minimum absolute atomic E-state index is 0.0238. The molecule has 1 heterocycles. The van der Waals surface area contributed by atoms with Gasteiger partial charge in [0.2, 0.25) is 5.91 Å². The van der Waals surface area contributed by atoms with Crippen LogP contribution in [0.4, 0.5) is 20.2 Å². The number of nitrogens with zero attached hydrogens (tertiary/aromatic N) is 2. The maximum absolute atomic E-state index is 15.2. The zero-order chi connectivity index (χ0) is 31.8. The number of nitrogens with one attached hydrogen (secondary N) is 3. The molecule has 1 aromatic heterocycles. The Labute approximate surface area is 251 Å². The number of anilines is 2. The van der Waals surface area contributed by atoms with Crippen LogP contribution in [0.1, 0.15) is 0 Å². The number of fused-ring (bicyclic) bond motifs is 1. The Hall–Kier alpha value is -5.72. The van der Waals surface area contributed by atoms with Crippen LogP contribution in [0.2, 0.25) is 0 Å². The standard InChI is InChI=1S/C31H29F2N5O6/c1-38(2)29(39)17-34-16-22(30(40)36-19-7-5-18(32)6-8-19)31(41)37-20-9-10-26(23(33)13-20)44-25-11-12-35-24-15-28(43-4)27(42-3)14-21(24)25/h5-16,34H,17H2,1-4H3,(H,36,40)(H,37,41)/b22-16+. The molecule has 0 spiro atoms. The van der Waals surface area contributed by atoms with Gasteiger partial charge in [-0.2, -0.15) is 0 Å². The number of methoxy groups -OCH3 is 2. The van der Waals surface area contributed by atoms with E-state index < -0.39 is 29.0 Å². The van der Waals surface area contributed by atoms with E-state index in [1.807, 2.05) is 0 Å². The van der Waals surface area contributed by atoms with Gasteiger partial charge < -0.3 is 35.1 Å². The average Bonchev–Trinajstić information content (AvgIpc) is 3.00. The summed E-state index contributed by atoms with van der Waals surface area (Å²) in [4.78, 5) is 43.7. The molecule has 0 saturated carbocycles. The summed E-state index contributed by atoms with van der Waals surface area (Å²) in [5.74, 6) is -2.31. The van der Waals surface area contributed by atoms with Crippen LogP contribution < -0.4 is 30.2 Å². The van der Waals surface area contributed by atoms with E-state index in [2.05, 4.69) is 20.9 Å². The summed E-state index contributed by atoms with van der Waals surface area (Å²) in [6.45, 7) is -0.198. The fraction of sp³-hybridized carbons (Fsp3) is 0.161. The topological polar surface area (TPSA) is 131 Å². The molecule has 0 unspecified atom stereocenters. The summed E-state index contributed by atoms with van der Waals surface area (Å²) < 4.78 is 45.0. The molecular formula is C31H29F2N5O6. The highest BCUT2D eigenvalue weighted by molar-refractivity contribution is 6.26. The van der Waals surface area contributed by atoms with Crippen molar-refractivity contribution in [3.63, 3.8) is 0 Å². The van der Waals surface area contributed by atoms with Crippen molar-refractivity contribution >= 4 is 40.0 Å². The van der Waals surface area contributed by atoms with Crippen molar-refractivity contribution in [2.75, 3.05) is 45.5 Å². The lowest BCUT2D eigenvalue weighted by Gasteiger charge is -2.14. The summed E-state index contributed by atoms with van der Waals surface area (Å²) >= 11 is 0. The first-order chi connectivity index (χ1) is 21.1. The van der Waals surface area contributed by atoms with E-state index in [1.54, 1.807) is 32.3 Å². The largest absolute Gasteiger partial charge is 0.493 e. The van der Waals surface area contributed by atoms with Crippen LogP contribution in [0.3, 0.4) is 0 Å². The van der Waals surface area contributed by atoms with Gasteiger partial charge in [-0.05, 0) is 48.5 Å². The summed E-state index contributed by atoms with van der Waals surface area (Å²) in [6.07, 6.45) is 2.57. The maximum atomic E-state index is 15.2. The lowest BCUT2D eigenvalue weighted by Crippen LogP contribution is -2.32. The second kappa shape index (κ2) is 14.0. The molecule has 0 saturated heterocycles. The third-order valence-electron chi connectivity index (χ3n) is 6.21. The Balaban J connectivity index is 1.54. The average molecular weight is 606 g/mol. The number of benzene rings is 3. The zero-order valence-corrected chi connectivity index (χ0v) is 24.2. The number of carbonyl (C=O) groups excluding carboxylic acids is 3. The number of halogens is 2. The first-order valence-corrected chi connectivity index (χ1v) is 13.1. The summed E-state index contributed by atoms with van der Waals surface area (Å²) in [6, 6.07) is 13.5. The van der Waals surface area contributed by atoms with Crippen LogP contribution in [0, 0.1) is 11.6 Å². The third-order valence-corrected chi connectivity index (χ3v) is 6.21. The molecule has 3 amide bonds. The normalized spacial score (nSPS) is 11.0. The molecule has 4 aromatic rings. The third kappa shape index (κ3) is 7.56. The molecule has 3 aromatic carbocycles. The molecule has 0 bridgehead atoms. The highest BCUT2D eigenvalue weighted by Crippen LogP contribution is 2.37. The number of likely N-dealkylation sites (N-methyl/N-ethyl adjacent to an activating group) is 1. The number of aromatic nitrogens is 1. The predicted octanol–water partition coefficient (Wildman–Crippen LogP) is 4.46. The van der Waals surface area contributed by atoms with Gasteiger partial charge in [0.05, 0.1) is 26.3 Å². The predicted molar refractivity (Wildman–Crippen MR) is 160 cm³/mol.